The third kappa shape index (κ3) is 4.93. The highest BCUT2D eigenvalue weighted by Crippen LogP contribution is 2.19. The fraction of sp³-hybridized carbons (Fsp3) is 0. The lowest BCUT2D eigenvalue weighted by Crippen LogP contribution is -2.30. The molecule has 0 saturated heterocycles. The number of urea groups is 1. The van der Waals surface area contributed by atoms with E-state index >= 15 is 0 Å². The lowest BCUT2D eigenvalue weighted by atomic mass is 10.1. The van der Waals surface area contributed by atoms with Crippen LogP contribution in [0.4, 0.5) is 16.2 Å². The standard InChI is InChI=1S/C24H19N3O4S/c28-23(27-32(30,31)22-8-2-1-3-9-22)18-11-13-20(14-12-18)25-24(29)26-21-15-10-17-6-4-5-7-19(17)16-21/h1-16H,(H,27,28)(H2,25,26,29). The smallest absolute Gasteiger partial charge is 0.308 e. The zero-order valence-corrected chi connectivity index (χ0v) is 17.6. The Kier molecular flexibility index (Phi) is 5.87. The second kappa shape index (κ2) is 8.91. The zero-order valence-electron chi connectivity index (χ0n) is 16.8. The summed E-state index contributed by atoms with van der Waals surface area (Å²) in [7, 11) is -3.97. The molecule has 160 valence electrons. The third-order valence-corrected chi connectivity index (χ3v) is 6.04. The number of sulfonamides is 1. The molecule has 0 radical (unpaired) electrons. The van der Waals surface area contributed by atoms with Crippen LogP contribution in [-0.2, 0) is 10.0 Å². The molecule has 4 aromatic carbocycles. The van der Waals surface area contributed by atoms with E-state index in [2.05, 4.69) is 10.6 Å². The van der Waals surface area contributed by atoms with Crippen molar-refractivity contribution in [1.82, 2.24) is 4.72 Å². The van der Waals surface area contributed by atoms with Crippen LogP contribution in [0.1, 0.15) is 10.4 Å². The van der Waals surface area contributed by atoms with Crippen molar-refractivity contribution < 1.29 is 18.0 Å². The number of amides is 3. The molecule has 32 heavy (non-hydrogen) atoms. The molecule has 0 heterocycles. The molecule has 8 heteroatoms. The highest BCUT2D eigenvalue weighted by Gasteiger charge is 2.18. The van der Waals surface area contributed by atoms with Crippen LogP contribution in [0.2, 0.25) is 0 Å². The average molecular weight is 446 g/mol. The molecular weight excluding hydrogens is 426 g/mol. The topological polar surface area (TPSA) is 104 Å². The molecule has 3 N–H and O–H groups in total. The summed E-state index contributed by atoms with van der Waals surface area (Å²) in [6, 6.07) is 26.5. The Labute approximate surface area is 185 Å². The van der Waals surface area contributed by atoms with Gasteiger partial charge in [0, 0.05) is 16.9 Å². The maximum atomic E-state index is 12.3. The van der Waals surface area contributed by atoms with Crippen LogP contribution in [0, 0.1) is 0 Å². The number of hydrogen-bond donors (Lipinski definition) is 3. The van der Waals surface area contributed by atoms with Crippen LogP contribution >= 0.6 is 0 Å². The normalized spacial score (nSPS) is 11.0. The maximum absolute atomic E-state index is 12.3. The molecule has 0 aliphatic carbocycles. The highest BCUT2D eigenvalue weighted by molar-refractivity contribution is 7.90. The summed E-state index contributed by atoms with van der Waals surface area (Å²) < 4.78 is 26.6. The summed E-state index contributed by atoms with van der Waals surface area (Å²) in [5.41, 5.74) is 1.24. The number of benzene rings is 4. The van der Waals surface area contributed by atoms with E-state index in [9.17, 15) is 18.0 Å². The van der Waals surface area contributed by atoms with Crippen LogP contribution in [-0.4, -0.2) is 20.4 Å². The number of carbonyl (C=O) groups is 2. The SMILES string of the molecule is O=C(Nc1ccc(C(=O)NS(=O)(=O)c2ccccc2)cc1)Nc1ccc2ccccc2c1. The molecular formula is C24H19N3O4S. The van der Waals surface area contributed by atoms with Gasteiger partial charge in [0.15, 0.2) is 0 Å². The fourth-order valence-corrected chi connectivity index (χ4v) is 4.10. The van der Waals surface area contributed by atoms with E-state index in [4.69, 9.17) is 0 Å². The minimum atomic E-state index is -3.97. The molecule has 0 saturated carbocycles. The number of rotatable bonds is 5. The molecule has 0 unspecified atom stereocenters. The van der Waals surface area contributed by atoms with Crippen molar-refractivity contribution in [2.24, 2.45) is 0 Å². The molecule has 0 spiro atoms. The van der Waals surface area contributed by atoms with E-state index in [0.717, 1.165) is 10.8 Å². The van der Waals surface area contributed by atoms with Gasteiger partial charge in [-0.25, -0.2) is 17.9 Å². The minimum absolute atomic E-state index is 0.00278. The molecule has 7 nitrogen and oxygen atoms in total. The second-order valence-electron chi connectivity index (χ2n) is 6.97. The van der Waals surface area contributed by atoms with Crippen LogP contribution in [0.3, 0.4) is 0 Å². The summed E-state index contributed by atoms with van der Waals surface area (Å²) in [6.07, 6.45) is 0. The van der Waals surface area contributed by atoms with Crippen molar-refractivity contribution in [2.45, 2.75) is 4.90 Å². The first-order valence-electron chi connectivity index (χ1n) is 9.70. The Morgan fingerprint density at radius 3 is 1.94 bits per heavy atom. The molecule has 0 atom stereocenters. The predicted molar refractivity (Wildman–Crippen MR) is 124 cm³/mol. The monoisotopic (exact) mass is 445 g/mol. The van der Waals surface area contributed by atoms with E-state index in [1.807, 2.05) is 47.2 Å². The van der Waals surface area contributed by atoms with Gasteiger partial charge in [-0.2, -0.15) is 0 Å². The lowest BCUT2D eigenvalue weighted by Gasteiger charge is -2.10. The summed E-state index contributed by atoms with van der Waals surface area (Å²) >= 11 is 0. The Morgan fingerprint density at radius 2 is 1.22 bits per heavy atom. The first kappa shape index (κ1) is 21.1. The first-order chi connectivity index (χ1) is 15.4. The van der Waals surface area contributed by atoms with Crippen molar-refractivity contribution >= 4 is 44.1 Å². The average Bonchev–Trinajstić information content (AvgIpc) is 2.79. The minimum Gasteiger partial charge on any atom is -0.308 e. The van der Waals surface area contributed by atoms with Gasteiger partial charge < -0.3 is 10.6 Å². The summed E-state index contributed by atoms with van der Waals surface area (Å²) in [5, 5.41) is 7.52. The van der Waals surface area contributed by atoms with Crippen molar-refractivity contribution in [2.75, 3.05) is 10.6 Å². The molecule has 0 bridgehead atoms. The first-order valence-corrected chi connectivity index (χ1v) is 11.2. The molecule has 0 fully saturated rings. The van der Waals surface area contributed by atoms with Gasteiger partial charge in [0.25, 0.3) is 15.9 Å². The van der Waals surface area contributed by atoms with Gasteiger partial charge in [-0.3, -0.25) is 4.79 Å². The van der Waals surface area contributed by atoms with Crippen LogP contribution in [0.15, 0.2) is 102 Å². The summed E-state index contributed by atoms with van der Waals surface area (Å²) in [4.78, 5) is 24.6. The maximum Gasteiger partial charge on any atom is 0.323 e. The van der Waals surface area contributed by atoms with Crippen molar-refractivity contribution in [3.05, 3.63) is 103 Å². The molecule has 0 aromatic heterocycles. The van der Waals surface area contributed by atoms with E-state index in [1.54, 1.807) is 18.2 Å². The summed E-state index contributed by atoms with van der Waals surface area (Å²) in [6.45, 7) is 0. The van der Waals surface area contributed by atoms with Gasteiger partial charge in [0.05, 0.1) is 4.90 Å². The Bertz CT molecular complexity index is 1390. The fourth-order valence-electron chi connectivity index (χ4n) is 3.10. The largest absolute Gasteiger partial charge is 0.323 e. The van der Waals surface area contributed by atoms with Gasteiger partial charge in [-0.05, 0) is 59.3 Å². The van der Waals surface area contributed by atoms with Gasteiger partial charge >= 0.3 is 6.03 Å². The van der Waals surface area contributed by atoms with Crippen molar-refractivity contribution in [1.29, 1.82) is 0 Å². The van der Waals surface area contributed by atoms with E-state index in [-0.39, 0.29) is 10.5 Å². The number of fused-ring (bicyclic) bond motifs is 1. The lowest BCUT2D eigenvalue weighted by molar-refractivity contribution is 0.0981. The Morgan fingerprint density at radius 1 is 0.625 bits per heavy atom. The number of anilines is 2. The Hall–Kier alpha value is -4.17. The molecule has 0 aliphatic heterocycles. The number of carbonyl (C=O) groups excluding carboxylic acids is 2. The van der Waals surface area contributed by atoms with Crippen molar-refractivity contribution in [3.8, 4) is 0 Å². The Balaban J connectivity index is 1.38. The van der Waals surface area contributed by atoms with Gasteiger partial charge in [-0.15, -0.1) is 0 Å². The van der Waals surface area contributed by atoms with Crippen LogP contribution in [0.25, 0.3) is 10.8 Å². The van der Waals surface area contributed by atoms with Gasteiger partial charge in [0.2, 0.25) is 0 Å². The zero-order chi connectivity index (χ0) is 22.6. The quantitative estimate of drug-likeness (QED) is 0.417. The summed E-state index contributed by atoms with van der Waals surface area (Å²) in [5.74, 6) is -0.763. The van der Waals surface area contributed by atoms with E-state index < -0.39 is 22.0 Å². The molecule has 4 aromatic rings. The molecule has 3 amide bonds. The molecule has 4 rings (SSSR count). The predicted octanol–water partition coefficient (Wildman–Crippen LogP) is 4.60. The van der Waals surface area contributed by atoms with Crippen molar-refractivity contribution in [3.63, 3.8) is 0 Å². The molecule has 0 aliphatic rings. The van der Waals surface area contributed by atoms with E-state index in [1.165, 1.54) is 36.4 Å². The van der Waals surface area contributed by atoms with E-state index in [0.29, 0.717) is 11.4 Å². The van der Waals surface area contributed by atoms with Gasteiger partial charge in [0.1, 0.15) is 0 Å². The number of nitrogens with one attached hydrogen (secondary N) is 3. The number of hydrogen-bond acceptors (Lipinski definition) is 4. The van der Waals surface area contributed by atoms with Crippen LogP contribution < -0.4 is 15.4 Å². The highest BCUT2D eigenvalue weighted by atomic mass is 32.2. The second-order valence-corrected chi connectivity index (χ2v) is 8.65. The third-order valence-electron chi connectivity index (χ3n) is 4.69. The van der Waals surface area contributed by atoms with Crippen LogP contribution in [0.5, 0.6) is 0 Å². The van der Waals surface area contributed by atoms with Gasteiger partial charge in [-0.1, -0.05) is 48.5 Å².